The van der Waals surface area contributed by atoms with Gasteiger partial charge in [0.25, 0.3) is 5.69 Å². The lowest BCUT2D eigenvalue weighted by atomic mass is 9.69. The van der Waals surface area contributed by atoms with Gasteiger partial charge >= 0.3 is 0 Å². The van der Waals surface area contributed by atoms with Crippen LogP contribution in [-0.2, 0) is 10.3 Å². The van der Waals surface area contributed by atoms with Crippen LogP contribution >= 0.6 is 0 Å². The first kappa shape index (κ1) is 21.5. The largest absolute Gasteiger partial charge is 0.454 e. The van der Waals surface area contributed by atoms with E-state index in [2.05, 4.69) is 39.9 Å². The first-order valence-electron chi connectivity index (χ1n) is 11.1. The molecule has 2 aromatic rings. The van der Waals surface area contributed by atoms with E-state index in [0.717, 1.165) is 22.8 Å². The summed E-state index contributed by atoms with van der Waals surface area (Å²) >= 11 is 0. The summed E-state index contributed by atoms with van der Waals surface area (Å²) in [5, 5.41) is 20.5. The minimum absolute atomic E-state index is 0.000673. The molecule has 1 aliphatic carbocycles. The van der Waals surface area contributed by atoms with Gasteiger partial charge in [-0.2, -0.15) is 5.10 Å². The molecule has 0 bridgehead atoms. The number of fused-ring (bicyclic) bond motifs is 2. The summed E-state index contributed by atoms with van der Waals surface area (Å²) < 4.78 is 12.9. The number of carbonyl (C=O) groups is 1. The fourth-order valence-corrected chi connectivity index (χ4v) is 5.21. The van der Waals surface area contributed by atoms with Gasteiger partial charge in [-0.25, -0.2) is 4.68 Å². The van der Waals surface area contributed by atoms with Crippen molar-refractivity contribution in [3.63, 3.8) is 0 Å². The van der Waals surface area contributed by atoms with E-state index < -0.39 is 10.8 Å². The molecule has 0 amide bonds. The highest BCUT2D eigenvalue weighted by Gasteiger charge is 2.46. The van der Waals surface area contributed by atoms with E-state index >= 15 is 0 Å². The van der Waals surface area contributed by atoms with Crippen LogP contribution in [0, 0.1) is 22.5 Å². The fraction of sp³-hybridized carbons (Fsp3) is 0.500. The molecule has 0 saturated heterocycles. The van der Waals surface area contributed by atoms with E-state index in [4.69, 9.17) is 14.6 Å². The molecule has 1 atom stereocenters. The second-order valence-corrected chi connectivity index (χ2v) is 10.8. The van der Waals surface area contributed by atoms with E-state index in [0.29, 0.717) is 35.5 Å². The predicted molar refractivity (Wildman–Crippen MR) is 122 cm³/mol. The van der Waals surface area contributed by atoms with E-state index in [9.17, 15) is 14.9 Å². The van der Waals surface area contributed by atoms with Crippen LogP contribution in [0.2, 0.25) is 0 Å². The number of nitrogens with zero attached hydrogens (tertiary/aromatic N) is 3. The quantitative estimate of drug-likeness (QED) is 0.516. The van der Waals surface area contributed by atoms with E-state index in [1.54, 1.807) is 6.07 Å². The SMILES string of the molecule is Cc1nn(C(C)(C)C)c2c1C(c1cc3c(cc1[N+](=O)[O-])OCO3)C1=C(CC(C)(C)CC1=O)N2. The number of hydrogen-bond donors (Lipinski definition) is 1. The van der Waals surface area contributed by atoms with E-state index in [1.807, 2.05) is 11.6 Å². The van der Waals surface area contributed by atoms with Crippen molar-refractivity contribution in [2.45, 2.75) is 65.8 Å². The summed E-state index contributed by atoms with van der Waals surface area (Å²) in [4.78, 5) is 25.2. The Balaban J connectivity index is 1.83. The number of hydrogen-bond acceptors (Lipinski definition) is 7. The van der Waals surface area contributed by atoms with Crippen molar-refractivity contribution in [2.24, 2.45) is 5.41 Å². The number of ether oxygens (including phenoxy) is 2. The molecule has 33 heavy (non-hydrogen) atoms. The number of aromatic nitrogens is 2. The Morgan fingerprint density at radius 2 is 1.88 bits per heavy atom. The summed E-state index contributed by atoms with van der Waals surface area (Å²) in [6.07, 6.45) is 1.04. The number of nitro benzene ring substituents is 1. The topological polar surface area (TPSA) is 109 Å². The number of nitro groups is 1. The minimum Gasteiger partial charge on any atom is -0.454 e. The molecular weight excluding hydrogens is 424 g/mol. The van der Waals surface area contributed by atoms with Crippen molar-refractivity contribution in [2.75, 3.05) is 12.1 Å². The number of benzene rings is 1. The molecule has 0 radical (unpaired) electrons. The number of anilines is 1. The zero-order chi connectivity index (χ0) is 23.9. The van der Waals surface area contributed by atoms with Crippen LogP contribution in [0.15, 0.2) is 23.4 Å². The van der Waals surface area contributed by atoms with Crippen LogP contribution in [0.25, 0.3) is 0 Å². The molecule has 0 spiro atoms. The van der Waals surface area contributed by atoms with Gasteiger partial charge in [0, 0.05) is 28.8 Å². The van der Waals surface area contributed by atoms with Crippen molar-refractivity contribution >= 4 is 17.3 Å². The van der Waals surface area contributed by atoms with Gasteiger partial charge in [-0.05, 0) is 45.6 Å². The molecule has 1 unspecified atom stereocenters. The molecule has 9 heteroatoms. The molecular formula is C24H28N4O5. The third kappa shape index (κ3) is 3.29. The average molecular weight is 453 g/mol. The van der Waals surface area contributed by atoms with Gasteiger partial charge in [-0.3, -0.25) is 14.9 Å². The van der Waals surface area contributed by atoms with E-state index in [1.165, 1.54) is 6.07 Å². The molecule has 0 saturated carbocycles. The Bertz CT molecular complexity index is 1250. The first-order chi connectivity index (χ1) is 15.4. The number of Topliss-reactive ketones (excluding diaryl/α,β-unsaturated/α-hetero) is 1. The van der Waals surface area contributed by atoms with Gasteiger partial charge in [0.05, 0.1) is 28.1 Å². The van der Waals surface area contributed by atoms with Crippen LogP contribution < -0.4 is 14.8 Å². The van der Waals surface area contributed by atoms with Gasteiger partial charge < -0.3 is 14.8 Å². The third-order valence-corrected chi connectivity index (χ3v) is 6.54. The maximum atomic E-state index is 13.5. The Morgan fingerprint density at radius 1 is 1.21 bits per heavy atom. The maximum Gasteiger partial charge on any atom is 0.277 e. The summed E-state index contributed by atoms with van der Waals surface area (Å²) in [6.45, 7) is 12.2. The van der Waals surface area contributed by atoms with Crippen molar-refractivity contribution in [3.05, 3.63) is 50.3 Å². The number of carbonyl (C=O) groups excluding carboxylic acids is 1. The van der Waals surface area contributed by atoms with Crippen molar-refractivity contribution in [3.8, 4) is 11.5 Å². The van der Waals surface area contributed by atoms with Crippen LogP contribution in [0.5, 0.6) is 11.5 Å². The van der Waals surface area contributed by atoms with E-state index in [-0.39, 0.29) is 29.2 Å². The van der Waals surface area contributed by atoms with Crippen molar-refractivity contribution < 1.29 is 19.2 Å². The molecule has 1 N–H and O–H groups in total. The third-order valence-electron chi connectivity index (χ3n) is 6.54. The molecule has 5 rings (SSSR count). The summed E-state index contributed by atoms with van der Waals surface area (Å²) in [5.74, 6) is 0.945. The molecule has 174 valence electrons. The van der Waals surface area contributed by atoms with Crippen LogP contribution in [0.4, 0.5) is 11.5 Å². The summed E-state index contributed by atoms with van der Waals surface area (Å²) in [6, 6.07) is 3.06. The zero-order valence-corrected chi connectivity index (χ0v) is 19.7. The van der Waals surface area contributed by atoms with Crippen LogP contribution in [0.1, 0.15) is 70.2 Å². The molecule has 3 aliphatic rings. The predicted octanol–water partition coefficient (Wildman–Crippen LogP) is 4.78. The second kappa shape index (κ2) is 6.82. The van der Waals surface area contributed by atoms with Crippen molar-refractivity contribution in [1.82, 2.24) is 9.78 Å². The molecule has 3 heterocycles. The Labute approximate surface area is 191 Å². The smallest absolute Gasteiger partial charge is 0.277 e. The molecule has 9 nitrogen and oxygen atoms in total. The molecule has 0 fully saturated rings. The molecule has 1 aromatic heterocycles. The highest BCUT2D eigenvalue weighted by atomic mass is 16.7. The highest BCUT2D eigenvalue weighted by molar-refractivity contribution is 6.02. The molecule has 2 aliphatic heterocycles. The average Bonchev–Trinajstić information content (AvgIpc) is 3.28. The fourth-order valence-electron chi connectivity index (χ4n) is 5.21. The van der Waals surface area contributed by atoms with Gasteiger partial charge in [-0.15, -0.1) is 0 Å². The van der Waals surface area contributed by atoms with Gasteiger partial charge in [0.1, 0.15) is 5.82 Å². The normalized spacial score (nSPS) is 20.9. The standard InChI is InChI=1S/C24H28N4O5/c1-12-19-20(13-7-17-18(33-11-32-17)8-15(13)28(30)31)21-14(9-24(5,6)10-16(21)29)25-22(19)27(26-12)23(2,3)4/h7-8,20,25H,9-11H2,1-6H3. The maximum absolute atomic E-state index is 13.5. The molecule has 1 aromatic carbocycles. The lowest BCUT2D eigenvalue weighted by molar-refractivity contribution is -0.385. The highest BCUT2D eigenvalue weighted by Crippen LogP contribution is 2.53. The number of aryl methyl sites for hydroxylation is 1. The number of rotatable bonds is 2. The Morgan fingerprint density at radius 3 is 2.52 bits per heavy atom. The Kier molecular flexibility index (Phi) is 4.44. The first-order valence-corrected chi connectivity index (χ1v) is 11.1. The lowest BCUT2D eigenvalue weighted by Crippen LogP contribution is -2.35. The van der Waals surface area contributed by atoms with Gasteiger partial charge in [-0.1, -0.05) is 13.8 Å². The number of allylic oxidation sites excluding steroid dienone is 2. The summed E-state index contributed by atoms with van der Waals surface area (Å²) in [5.41, 5.74) is 2.70. The number of ketones is 1. The zero-order valence-electron chi connectivity index (χ0n) is 19.7. The number of nitrogens with one attached hydrogen (secondary N) is 1. The second-order valence-electron chi connectivity index (χ2n) is 10.8. The minimum atomic E-state index is -0.620. The lowest BCUT2D eigenvalue weighted by Gasteiger charge is -2.39. The van der Waals surface area contributed by atoms with Gasteiger partial charge in [0.15, 0.2) is 17.3 Å². The van der Waals surface area contributed by atoms with Gasteiger partial charge in [0.2, 0.25) is 6.79 Å². The van der Waals surface area contributed by atoms with Crippen molar-refractivity contribution in [1.29, 1.82) is 0 Å². The monoisotopic (exact) mass is 452 g/mol. The summed E-state index contributed by atoms with van der Waals surface area (Å²) in [7, 11) is 0. The Hall–Kier alpha value is -3.36. The van der Waals surface area contributed by atoms with Crippen LogP contribution in [0.3, 0.4) is 0 Å². The van der Waals surface area contributed by atoms with Crippen LogP contribution in [-0.4, -0.2) is 27.3 Å².